The molecule has 1 heterocycles. The zero-order valence-electron chi connectivity index (χ0n) is 17.5. The summed E-state index contributed by atoms with van der Waals surface area (Å²) >= 11 is 1.11. The summed E-state index contributed by atoms with van der Waals surface area (Å²) in [5.41, 5.74) is 8.15. The molecule has 0 spiro atoms. The molecule has 170 valence electrons. The van der Waals surface area contributed by atoms with Gasteiger partial charge in [-0.1, -0.05) is 42.1 Å². The number of thioether (sulfide) groups is 1. The summed E-state index contributed by atoms with van der Waals surface area (Å²) in [5, 5.41) is 13.0. The van der Waals surface area contributed by atoms with Gasteiger partial charge in [-0.3, -0.25) is 15.0 Å². The van der Waals surface area contributed by atoms with Crippen LogP contribution in [0.2, 0.25) is 0 Å². The fourth-order valence-corrected chi connectivity index (χ4v) is 4.53. The molecule has 2 aromatic rings. The van der Waals surface area contributed by atoms with Gasteiger partial charge in [0, 0.05) is 19.1 Å². The summed E-state index contributed by atoms with van der Waals surface area (Å²) < 4.78 is 33.7. The number of nitrogens with one attached hydrogen (secondary N) is 2. The van der Waals surface area contributed by atoms with E-state index in [2.05, 4.69) is 10.6 Å². The number of halogens is 2. The average Bonchev–Trinajstić information content (AvgIpc) is 3.18. The zero-order chi connectivity index (χ0) is 23.3. The van der Waals surface area contributed by atoms with Crippen LogP contribution in [0.25, 0.3) is 0 Å². The number of guanidine groups is 1. The molecule has 1 unspecified atom stereocenters. The van der Waals surface area contributed by atoms with Crippen molar-refractivity contribution in [2.24, 2.45) is 10.8 Å². The lowest BCUT2D eigenvalue weighted by molar-refractivity contribution is -0.145. The zero-order valence-corrected chi connectivity index (χ0v) is 18.3. The van der Waals surface area contributed by atoms with E-state index in [4.69, 9.17) is 20.7 Å². The monoisotopic (exact) mass is 463 g/mol. The van der Waals surface area contributed by atoms with Gasteiger partial charge in [0.25, 0.3) is 5.91 Å². The van der Waals surface area contributed by atoms with E-state index in [9.17, 15) is 13.6 Å². The predicted molar refractivity (Wildman–Crippen MR) is 118 cm³/mol. The van der Waals surface area contributed by atoms with Gasteiger partial charge < -0.3 is 10.5 Å². The van der Waals surface area contributed by atoms with Crippen LogP contribution in [0, 0.1) is 17.0 Å². The van der Waals surface area contributed by atoms with Crippen molar-refractivity contribution >= 4 is 28.7 Å². The summed E-state index contributed by atoms with van der Waals surface area (Å²) in [6, 6.07) is 12.1. The molecule has 0 bridgehead atoms. The number of carbonyl (C=O) groups excluding carboxylic acids is 1. The summed E-state index contributed by atoms with van der Waals surface area (Å²) in [5.74, 6) is -2.13. The molecule has 0 saturated heterocycles. The Morgan fingerprint density at radius 2 is 2.03 bits per heavy atom. The molecule has 11 heteroatoms. The molecule has 0 aliphatic carbocycles. The van der Waals surface area contributed by atoms with Crippen LogP contribution in [0.3, 0.4) is 0 Å². The first kappa shape index (κ1) is 23.6. The van der Waals surface area contributed by atoms with E-state index in [0.717, 1.165) is 30.0 Å². The number of hydrazone groups is 1. The molecule has 32 heavy (non-hydrogen) atoms. The second kappa shape index (κ2) is 10.1. The van der Waals surface area contributed by atoms with Gasteiger partial charge in [-0.2, -0.15) is 5.10 Å². The lowest BCUT2D eigenvalue weighted by Gasteiger charge is -2.36. The van der Waals surface area contributed by atoms with Crippen LogP contribution in [0.5, 0.6) is 0 Å². The summed E-state index contributed by atoms with van der Waals surface area (Å²) in [4.78, 5) is 17.3. The molecule has 0 saturated carbocycles. The second-order valence-corrected chi connectivity index (χ2v) is 8.19. The quantitative estimate of drug-likeness (QED) is 0.240. The minimum Gasteiger partial charge on any atom is -0.372 e. The third-order valence-electron chi connectivity index (χ3n) is 4.82. The van der Waals surface area contributed by atoms with Crippen molar-refractivity contribution in [3.8, 4) is 0 Å². The molecule has 3 rings (SSSR count). The van der Waals surface area contributed by atoms with Crippen molar-refractivity contribution < 1.29 is 23.1 Å². The molecule has 0 fully saturated rings. The van der Waals surface area contributed by atoms with Gasteiger partial charge in [-0.05, 0) is 30.7 Å². The molecular formula is C21H23F2N5O3S. The highest BCUT2D eigenvalue weighted by molar-refractivity contribution is 8.15. The number of nitrogens with two attached hydrogens (primary N) is 1. The molecular weight excluding hydrogens is 440 g/mol. The van der Waals surface area contributed by atoms with Crippen LogP contribution < -0.4 is 11.2 Å². The van der Waals surface area contributed by atoms with Crippen molar-refractivity contribution in [1.82, 2.24) is 10.5 Å². The van der Waals surface area contributed by atoms with Gasteiger partial charge in [-0.15, -0.1) is 0 Å². The van der Waals surface area contributed by atoms with Crippen molar-refractivity contribution in [3.63, 3.8) is 0 Å². The van der Waals surface area contributed by atoms with Crippen LogP contribution in [-0.4, -0.2) is 41.7 Å². The van der Waals surface area contributed by atoms with Crippen LogP contribution in [-0.2, 0) is 19.2 Å². The number of carbonyl (C=O) groups is 1. The van der Waals surface area contributed by atoms with E-state index in [-0.39, 0.29) is 29.6 Å². The molecule has 4 N–H and O–H groups in total. The summed E-state index contributed by atoms with van der Waals surface area (Å²) in [7, 11) is 1.40. The maximum Gasteiger partial charge on any atom is 0.273 e. The molecule has 1 aliphatic rings. The van der Waals surface area contributed by atoms with Crippen LogP contribution >= 0.6 is 11.8 Å². The Balaban J connectivity index is 2.08. The molecule has 0 radical (unpaired) electrons. The second-order valence-electron chi connectivity index (χ2n) is 6.92. The Kier molecular flexibility index (Phi) is 7.44. The minimum absolute atomic E-state index is 0.0288. The Bertz CT molecular complexity index is 1020. The standard InChI is InChI=1S/C21H23F2N5O3S/c1-13(30-2)19(29)28-21(10-11-31-27-20(24)25,14-6-4-3-5-7-14)32-18(26-28)16-12-15(22)8-9-17(16)23/h3-9,12-13H,10-11H2,1-2H3,(H4,24,25,27)/t13-,21?/m0/s1. The Morgan fingerprint density at radius 3 is 2.69 bits per heavy atom. The largest absolute Gasteiger partial charge is 0.372 e. The first-order chi connectivity index (χ1) is 15.3. The van der Waals surface area contributed by atoms with Crippen molar-refractivity contribution in [2.75, 3.05) is 13.7 Å². The van der Waals surface area contributed by atoms with Gasteiger partial charge in [0.05, 0.1) is 6.61 Å². The van der Waals surface area contributed by atoms with Gasteiger partial charge in [0.1, 0.15) is 27.7 Å². The van der Waals surface area contributed by atoms with E-state index < -0.39 is 28.5 Å². The number of benzene rings is 2. The maximum absolute atomic E-state index is 14.6. The lowest BCUT2D eigenvalue weighted by atomic mass is 10.0. The molecule has 8 nitrogen and oxygen atoms in total. The number of hydroxylamine groups is 1. The van der Waals surface area contributed by atoms with Crippen molar-refractivity contribution in [3.05, 3.63) is 71.3 Å². The topological polar surface area (TPSA) is 113 Å². The summed E-state index contributed by atoms with van der Waals surface area (Å²) in [6.07, 6.45) is -0.649. The van der Waals surface area contributed by atoms with E-state index in [1.54, 1.807) is 19.1 Å². The number of nitrogens with zero attached hydrogens (tertiary/aromatic N) is 2. The summed E-state index contributed by atoms with van der Waals surface area (Å²) in [6.45, 7) is 1.61. The minimum atomic E-state index is -1.14. The molecule has 1 amide bonds. The van der Waals surface area contributed by atoms with E-state index in [0.29, 0.717) is 5.56 Å². The number of ether oxygens (including phenoxy) is 1. The van der Waals surface area contributed by atoms with E-state index in [1.165, 1.54) is 12.1 Å². The first-order valence-electron chi connectivity index (χ1n) is 9.65. The normalized spacial score (nSPS) is 18.9. The average molecular weight is 464 g/mol. The van der Waals surface area contributed by atoms with Crippen molar-refractivity contribution in [1.29, 1.82) is 5.41 Å². The number of methoxy groups -OCH3 is 1. The molecule has 1 aliphatic heterocycles. The molecule has 2 atom stereocenters. The third-order valence-corrected chi connectivity index (χ3v) is 6.26. The smallest absolute Gasteiger partial charge is 0.273 e. The number of hydrogen-bond acceptors (Lipinski definition) is 6. The lowest BCUT2D eigenvalue weighted by Crippen LogP contribution is -2.46. The van der Waals surface area contributed by atoms with E-state index in [1.807, 2.05) is 18.2 Å². The van der Waals surface area contributed by atoms with Crippen molar-refractivity contribution in [2.45, 2.75) is 24.3 Å². The van der Waals surface area contributed by atoms with Crippen LogP contribution in [0.4, 0.5) is 8.78 Å². The first-order valence-corrected chi connectivity index (χ1v) is 10.5. The maximum atomic E-state index is 14.6. The SMILES string of the molecule is CO[C@@H](C)C(=O)N1N=C(c2cc(F)ccc2F)SC1(CCONC(=N)N)c1ccccc1. The fourth-order valence-electron chi connectivity index (χ4n) is 3.16. The van der Waals surface area contributed by atoms with Crippen LogP contribution in [0.1, 0.15) is 24.5 Å². The Hall–Kier alpha value is -3.02. The van der Waals surface area contributed by atoms with Gasteiger partial charge in [0.2, 0.25) is 5.96 Å². The highest BCUT2D eigenvalue weighted by Gasteiger charge is 2.49. The van der Waals surface area contributed by atoms with Gasteiger partial charge in [0.15, 0.2) is 0 Å². The number of amides is 1. The number of hydrogen-bond donors (Lipinski definition) is 3. The van der Waals surface area contributed by atoms with E-state index >= 15 is 0 Å². The molecule has 2 aromatic carbocycles. The van der Waals surface area contributed by atoms with Gasteiger partial charge in [-0.25, -0.2) is 19.3 Å². The Morgan fingerprint density at radius 1 is 1.31 bits per heavy atom. The number of rotatable bonds is 8. The predicted octanol–water partition coefficient (Wildman–Crippen LogP) is 2.89. The molecule has 0 aromatic heterocycles. The highest BCUT2D eigenvalue weighted by atomic mass is 32.2. The van der Waals surface area contributed by atoms with Crippen LogP contribution in [0.15, 0.2) is 53.6 Å². The van der Waals surface area contributed by atoms with Gasteiger partial charge >= 0.3 is 0 Å². The fraction of sp³-hybridized carbons (Fsp3) is 0.286. The third kappa shape index (κ3) is 4.90. The Labute approximate surface area is 188 Å². The highest BCUT2D eigenvalue weighted by Crippen LogP contribution is 2.50.